The molecule has 0 aliphatic rings. The van der Waals surface area contributed by atoms with Crippen LogP contribution in [0.1, 0.15) is 5.56 Å². The minimum atomic E-state index is 0.0152. The lowest BCUT2D eigenvalue weighted by Crippen LogP contribution is -2.19. The average Bonchev–Trinajstić information content (AvgIpc) is 2.38. The van der Waals surface area contributed by atoms with Crippen molar-refractivity contribution < 1.29 is 5.11 Å². The molecule has 0 amide bonds. The molecule has 2 aromatic carbocycles. The minimum absolute atomic E-state index is 0.0152. The number of aliphatic hydroxyl groups is 1. The van der Waals surface area contributed by atoms with Crippen molar-refractivity contribution in [2.45, 2.75) is 6.61 Å². The molecule has 19 heavy (non-hydrogen) atoms. The van der Waals surface area contributed by atoms with E-state index in [4.69, 9.17) is 17.3 Å². The number of hydrogen-bond acceptors (Lipinski definition) is 2. The van der Waals surface area contributed by atoms with Crippen LogP contribution in [0, 0.1) is 0 Å². The summed E-state index contributed by atoms with van der Waals surface area (Å²) in [6.45, 7) is 0.0152. The van der Waals surface area contributed by atoms with Crippen molar-refractivity contribution in [2.75, 3.05) is 10.6 Å². The van der Waals surface area contributed by atoms with Gasteiger partial charge in [-0.3, -0.25) is 0 Å². The van der Waals surface area contributed by atoms with Crippen LogP contribution in [0.5, 0.6) is 0 Å². The lowest BCUT2D eigenvalue weighted by atomic mass is 10.2. The number of benzene rings is 2. The van der Waals surface area contributed by atoms with E-state index in [1.807, 2.05) is 48.5 Å². The molecule has 0 heterocycles. The van der Waals surface area contributed by atoms with Gasteiger partial charge in [-0.1, -0.05) is 34.1 Å². The number of thiocarbonyl (C=S) groups is 1. The zero-order chi connectivity index (χ0) is 13.7. The first-order valence-corrected chi connectivity index (χ1v) is 6.91. The van der Waals surface area contributed by atoms with E-state index in [-0.39, 0.29) is 6.61 Å². The molecule has 3 nitrogen and oxygen atoms in total. The summed E-state index contributed by atoms with van der Waals surface area (Å²) in [4.78, 5) is 0. The smallest absolute Gasteiger partial charge is 0.175 e. The van der Waals surface area contributed by atoms with Crippen LogP contribution in [0.2, 0.25) is 0 Å². The molecule has 3 N–H and O–H groups in total. The first-order valence-electron chi connectivity index (χ1n) is 5.71. The van der Waals surface area contributed by atoms with E-state index in [2.05, 4.69) is 26.6 Å². The van der Waals surface area contributed by atoms with Gasteiger partial charge in [-0.15, -0.1) is 0 Å². The van der Waals surface area contributed by atoms with Crippen LogP contribution >= 0.6 is 28.1 Å². The van der Waals surface area contributed by atoms with Crippen LogP contribution in [0.25, 0.3) is 0 Å². The van der Waals surface area contributed by atoms with Crippen molar-refractivity contribution in [3.8, 4) is 0 Å². The van der Waals surface area contributed by atoms with E-state index in [1.54, 1.807) is 0 Å². The average molecular weight is 337 g/mol. The van der Waals surface area contributed by atoms with Crippen LogP contribution in [0.4, 0.5) is 11.4 Å². The Balaban J connectivity index is 2.01. The predicted molar refractivity (Wildman–Crippen MR) is 86.4 cm³/mol. The highest BCUT2D eigenvalue weighted by Gasteiger charge is 2.00. The maximum atomic E-state index is 9.08. The summed E-state index contributed by atoms with van der Waals surface area (Å²) in [7, 11) is 0. The Morgan fingerprint density at radius 2 is 1.68 bits per heavy atom. The molecule has 98 valence electrons. The fourth-order valence-corrected chi connectivity index (χ4v) is 2.24. The van der Waals surface area contributed by atoms with Crippen molar-refractivity contribution in [1.82, 2.24) is 0 Å². The van der Waals surface area contributed by atoms with E-state index >= 15 is 0 Å². The normalized spacial score (nSPS) is 10.0. The molecule has 0 saturated carbocycles. The molecule has 0 aliphatic heterocycles. The van der Waals surface area contributed by atoms with Gasteiger partial charge >= 0.3 is 0 Å². The van der Waals surface area contributed by atoms with Crippen LogP contribution in [0.3, 0.4) is 0 Å². The number of anilines is 2. The molecular weight excluding hydrogens is 324 g/mol. The van der Waals surface area contributed by atoms with Crippen molar-refractivity contribution in [2.24, 2.45) is 0 Å². The predicted octanol–water partition coefficient (Wildman–Crippen LogP) is 3.75. The van der Waals surface area contributed by atoms with Gasteiger partial charge in [0.15, 0.2) is 5.11 Å². The van der Waals surface area contributed by atoms with Gasteiger partial charge in [-0.25, -0.2) is 0 Å². The highest BCUT2D eigenvalue weighted by molar-refractivity contribution is 9.10. The zero-order valence-electron chi connectivity index (χ0n) is 10.1. The number of rotatable bonds is 3. The van der Waals surface area contributed by atoms with Crippen molar-refractivity contribution >= 4 is 44.6 Å². The SMILES string of the molecule is OCc1cccc(NC(=S)Nc2cccc(Br)c2)c1. The lowest BCUT2D eigenvalue weighted by Gasteiger charge is -2.11. The lowest BCUT2D eigenvalue weighted by molar-refractivity contribution is 0.282. The molecule has 2 rings (SSSR count). The molecule has 2 aromatic rings. The van der Waals surface area contributed by atoms with E-state index in [9.17, 15) is 0 Å². The molecule has 0 spiro atoms. The third kappa shape index (κ3) is 4.31. The van der Waals surface area contributed by atoms with Crippen LogP contribution in [0.15, 0.2) is 53.0 Å². The first-order chi connectivity index (χ1) is 9.17. The fraction of sp³-hybridized carbons (Fsp3) is 0.0714. The Kier molecular flexibility index (Phi) is 4.90. The largest absolute Gasteiger partial charge is 0.392 e. The topological polar surface area (TPSA) is 44.3 Å². The van der Waals surface area contributed by atoms with E-state index in [0.29, 0.717) is 5.11 Å². The quantitative estimate of drug-likeness (QED) is 0.747. The summed E-state index contributed by atoms with van der Waals surface area (Å²) in [5.41, 5.74) is 2.60. The van der Waals surface area contributed by atoms with Gasteiger partial charge in [0, 0.05) is 15.8 Å². The molecular formula is C14H13BrN2OS. The summed E-state index contributed by atoms with van der Waals surface area (Å²) >= 11 is 8.65. The summed E-state index contributed by atoms with van der Waals surface area (Å²) in [5, 5.41) is 15.8. The minimum Gasteiger partial charge on any atom is -0.392 e. The maximum Gasteiger partial charge on any atom is 0.175 e. The van der Waals surface area contributed by atoms with Gasteiger partial charge in [-0.05, 0) is 48.1 Å². The van der Waals surface area contributed by atoms with Crippen LogP contribution < -0.4 is 10.6 Å². The van der Waals surface area contributed by atoms with Crippen LogP contribution in [-0.2, 0) is 6.61 Å². The molecule has 0 radical (unpaired) electrons. The fourth-order valence-electron chi connectivity index (χ4n) is 1.61. The Morgan fingerprint density at radius 1 is 1.05 bits per heavy atom. The standard InChI is InChI=1S/C14H13BrN2OS/c15-11-4-2-6-13(8-11)17-14(19)16-12-5-1-3-10(7-12)9-18/h1-8,18H,9H2,(H2,16,17,19). The third-order valence-electron chi connectivity index (χ3n) is 2.45. The Hall–Kier alpha value is -1.43. The summed E-state index contributed by atoms with van der Waals surface area (Å²) < 4.78 is 0.988. The van der Waals surface area contributed by atoms with Gasteiger partial charge in [0.05, 0.1) is 6.61 Å². The first kappa shape index (κ1) is 14.0. The molecule has 0 saturated heterocycles. The third-order valence-corrected chi connectivity index (χ3v) is 3.15. The van der Waals surface area contributed by atoms with Gasteiger partial charge < -0.3 is 15.7 Å². The molecule has 0 atom stereocenters. The van der Waals surface area contributed by atoms with Crippen molar-refractivity contribution in [1.29, 1.82) is 0 Å². The van der Waals surface area contributed by atoms with Crippen molar-refractivity contribution in [3.63, 3.8) is 0 Å². The van der Waals surface area contributed by atoms with Gasteiger partial charge in [-0.2, -0.15) is 0 Å². The highest BCUT2D eigenvalue weighted by atomic mass is 79.9. The Bertz CT molecular complexity index is 589. The number of nitrogens with one attached hydrogen (secondary N) is 2. The molecule has 0 aromatic heterocycles. The molecule has 0 fully saturated rings. The zero-order valence-corrected chi connectivity index (χ0v) is 12.5. The van der Waals surface area contributed by atoms with Crippen LogP contribution in [-0.4, -0.2) is 10.2 Å². The monoisotopic (exact) mass is 336 g/mol. The Labute approximate surface area is 125 Å². The van der Waals surface area contributed by atoms with E-state index in [1.165, 1.54) is 0 Å². The van der Waals surface area contributed by atoms with Gasteiger partial charge in [0.1, 0.15) is 0 Å². The summed E-state index contributed by atoms with van der Waals surface area (Å²) in [6.07, 6.45) is 0. The second kappa shape index (κ2) is 6.65. The van der Waals surface area contributed by atoms with Gasteiger partial charge in [0.25, 0.3) is 0 Å². The molecule has 0 unspecified atom stereocenters. The molecule has 5 heteroatoms. The maximum absolute atomic E-state index is 9.08. The molecule has 0 bridgehead atoms. The van der Waals surface area contributed by atoms with E-state index in [0.717, 1.165) is 21.4 Å². The number of aliphatic hydroxyl groups excluding tert-OH is 1. The Morgan fingerprint density at radius 3 is 2.32 bits per heavy atom. The summed E-state index contributed by atoms with van der Waals surface area (Å²) in [5.74, 6) is 0. The van der Waals surface area contributed by atoms with Crippen molar-refractivity contribution in [3.05, 3.63) is 58.6 Å². The number of hydrogen-bond donors (Lipinski definition) is 3. The number of halogens is 1. The molecule has 0 aliphatic carbocycles. The highest BCUT2D eigenvalue weighted by Crippen LogP contribution is 2.16. The van der Waals surface area contributed by atoms with Gasteiger partial charge in [0.2, 0.25) is 0 Å². The second-order valence-electron chi connectivity index (χ2n) is 3.95. The summed E-state index contributed by atoms with van der Waals surface area (Å²) in [6, 6.07) is 15.2. The second-order valence-corrected chi connectivity index (χ2v) is 5.27. The van der Waals surface area contributed by atoms with E-state index < -0.39 is 0 Å².